The van der Waals surface area contributed by atoms with E-state index in [-0.39, 0.29) is 0 Å². The SMILES string of the molecule is COc1ccc(-c2cn(CCCCN)c3ccc(CN4CC5CCC(C4)N5)cc23)cc1. The summed E-state index contributed by atoms with van der Waals surface area (Å²) in [7, 11) is 1.72. The summed E-state index contributed by atoms with van der Waals surface area (Å²) in [6.07, 6.45) is 7.13. The van der Waals surface area contributed by atoms with Crippen molar-refractivity contribution in [2.45, 2.75) is 50.9 Å². The van der Waals surface area contributed by atoms with Crippen molar-refractivity contribution in [1.82, 2.24) is 14.8 Å². The van der Waals surface area contributed by atoms with Gasteiger partial charge in [0.15, 0.2) is 0 Å². The predicted octanol–water partition coefficient (Wildman–Crippen LogP) is 3.99. The Hall–Kier alpha value is -2.34. The molecule has 5 rings (SSSR count). The van der Waals surface area contributed by atoms with Crippen LogP contribution in [0.15, 0.2) is 48.7 Å². The average molecular weight is 419 g/mol. The first-order chi connectivity index (χ1) is 15.2. The van der Waals surface area contributed by atoms with Gasteiger partial charge in [-0.05, 0) is 67.6 Å². The fraction of sp³-hybridized carbons (Fsp3) is 0.462. The maximum absolute atomic E-state index is 5.73. The number of likely N-dealkylation sites (tertiary alicyclic amines) is 1. The molecule has 5 heteroatoms. The van der Waals surface area contributed by atoms with Crippen LogP contribution in [-0.4, -0.2) is 48.3 Å². The van der Waals surface area contributed by atoms with Gasteiger partial charge in [-0.25, -0.2) is 0 Å². The number of aromatic nitrogens is 1. The number of hydrogen-bond acceptors (Lipinski definition) is 4. The van der Waals surface area contributed by atoms with Crippen molar-refractivity contribution in [3.05, 3.63) is 54.2 Å². The molecule has 2 aliphatic heterocycles. The summed E-state index contributed by atoms with van der Waals surface area (Å²) >= 11 is 0. The molecule has 2 aromatic carbocycles. The van der Waals surface area contributed by atoms with Crippen molar-refractivity contribution in [3.8, 4) is 16.9 Å². The normalized spacial score (nSPS) is 21.1. The molecule has 0 spiro atoms. The van der Waals surface area contributed by atoms with Gasteiger partial charge in [-0.15, -0.1) is 0 Å². The Morgan fingerprint density at radius 3 is 2.52 bits per heavy atom. The highest BCUT2D eigenvalue weighted by Gasteiger charge is 2.31. The summed E-state index contributed by atoms with van der Waals surface area (Å²) in [6.45, 7) is 5.12. The molecule has 0 aliphatic carbocycles. The molecule has 2 fully saturated rings. The number of hydrogen-bond donors (Lipinski definition) is 2. The minimum absolute atomic E-state index is 0.681. The topological polar surface area (TPSA) is 55.5 Å². The van der Waals surface area contributed by atoms with Gasteiger partial charge in [-0.3, -0.25) is 4.90 Å². The lowest BCUT2D eigenvalue weighted by molar-refractivity contribution is 0.189. The Morgan fingerprint density at radius 1 is 1.03 bits per heavy atom. The van der Waals surface area contributed by atoms with Crippen molar-refractivity contribution in [1.29, 1.82) is 0 Å². The molecule has 3 heterocycles. The van der Waals surface area contributed by atoms with Crippen LogP contribution in [0, 0.1) is 0 Å². The number of benzene rings is 2. The van der Waals surface area contributed by atoms with Gasteiger partial charge in [0.05, 0.1) is 7.11 Å². The van der Waals surface area contributed by atoms with Crippen molar-refractivity contribution in [3.63, 3.8) is 0 Å². The molecule has 0 amide bonds. The van der Waals surface area contributed by atoms with E-state index in [4.69, 9.17) is 10.5 Å². The molecule has 2 saturated heterocycles. The third-order valence-corrected chi connectivity index (χ3v) is 6.90. The highest BCUT2D eigenvalue weighted by atomic mass is 16.5. The van der Waals surface area contributed by atoms with Crippen LogP contribution in [0.2, 0.25) is 0 Å². The van der Waals surface area contributed by atoms with E-state index < -0.39 is 0 Å². The summed E-state index contributed by atoms with van der Waals surface area (Å²) in [6, 6.07) is 16.8. The zero-order chi connectivity index (χ0) is 21.2. The highest BCUT2D eigenvalue weighted by molar-refractivity contribution is 5.96. The lowest BCUT2D eigenvalue weighted by Gasteiger charge is -2.32. The third kappa shape index (κ3) is 4.36. The monoisotopic (exact) mass is 418 g/mol. The van der Waals surface area contributed by atoms with Crippen LogP contribution in [0.1, 0.15) is 31.2 Å². The maximum atomic E-state index is 5.73. The summed E-state index contributed by atoms with van der Waals surface area (Å²) in [5.74, 6) is 0.893. The predicted molar refractivity (Wildman–Crippen MR) is 127 cm³/mol. The standard InChI is InChI=1S/C26H34N4O/c1-31-23-9-5-20(6-10-23)25-18-30(13-3-2-12-27)26-11-4-19(14-24(25)26)15-29-16-21-7-8-22(17-29)28-21/h4-6,9-11,14,18,21-22,28H,2-3,7-8,12-13,15-17,27H2,1H3. The van der Waals surface area contributed by atoms with E-state index in [0.29, 0.717) is 12.1 Å². The Labute approximate surface area is 185 Å². The van der Waals surface area contributed by atoms with Crippen LogP contribution in [0.4, 0.5) is 0 Å². The molecular formula is C26H34N4O. The van der Waals surface area contributed by atoms with Gasteiger partial charge in [-0.2, -0.15) is 0 Å². The van der Waals surface area contributed by atoms with Gasteiger partial charge in [0.25, 0.3) is 0 Å². The Kier molecular flexibility index (Phi) is 5.99. The van der Waals surface area contributed by atoms with E-state index in [1.807, 2.05) is 12.1 Å². The quantitative estimate of drug-likeness (QED) is 0.543. The van der Waals surface area contributed by atoms with Crippen molar-refractivity contribution < 1.29 is 4.74 Å². The molecule has 164 valence electrons. The first kappa shape index (κ1) is 20.6. The van der Waals surface area contributed by atoms with E-state index in [9.17, 15) is 0 Å². The van der Waals surface area contributed by atoms with E-state index >= 15 is 0 Å². The van der Waals surface area contributed by atoms with Gasteiger partial charge in [-0.1, -0.05) is 18.2 Å². The van der Waals surface area contributed by atoms with Crippen molar-refractivity contribution in [2.24, 2.45) is 5.73 Å². The number of fused-ring (bicyclic) bond motifs is 3. The van der Waals surface area contributed by atoms with Gasteiger partial charge in [0.1, 0.15) is 5.75 Å². The summed E-state index contributed by atoms with van der Waals surface area (Å²) in [5.41, 5.74) is 11.0. The molecule has 0 radical (unpaired) electrons. The third-order valence-electron chi connectivity index (χ3n) is 6.90. The number of nitrogens with one attached hydrogen (secondary N) is 1. The number of rotatable bonds is 8. The van der Waals surface area contributed by atoms with Crippen LogP contribution in [-0.2, 0) is 13.1 Å². The molecule has 31 heavy (non-hydrogen) atoms. The number of unbranched alkanes of at least 4 members (excludes halogenated alkanes) is 1. The summed E-state index contributed by atoms with van der Waals surface area (Å²) < 4.78 is 7.76. The number of ether oxygens (including phenoxy) is 1. The fourth-order valence-electron chi connectivity index (χ4n) is 5.33. The first-order valence-corrected chi connectivity index (χ1v) is 11.7. The zero-order valence-electron chi connectivity index (χ0n) is 18.5. The minimum Gasteiger partial charge on any atom is -0.497 e. The Morgan fingerprint density at radius 2 is 1.81 bits per heavy atom. The van der Waals surface area contributed by atoms with Crippen LogP contribution in [0.5, 0.6) is 5.75 Å². The number of nitrogens with zero attached hydrogens (tertiary/aromatic N) is 2. The zero-order valence-corrected chi connectivity index (χ0v) is 18.5. The minimum atomic E-state index is 0.681. The molecule has 3 N–H and O–H groups in total. The molecule has 1 aromatic heterocycles. The van der Waals surface area contributed by atoms with Crippen LogP contribution in [0.25, 0.3) is 22.0 Å². The number of nitrogens with two attached hydrogens (primary N) is 1. The summed E-state index contributed by atoms with van der Waals surface area (Å²) in [5, 5.41) is 5.08. The molecule has 5 nitrogen and oxygen atoms in total. The molecule has 3 aromatic rings. The molecule has 0 saturated carbocycles. The maximum Gasteiger partial charge on any atom is 0.118 e. The van der Waals surface area contributed by atoms with E-state index in [1.165, 1.54) is 53.5 Å². The Bertz CT molecular complexity index is 1010. The lowest BCUT2D eigenvalue weighted by atomic mass is 10.0. The van der Waals surface area contributed by atoms with Crippen molar-refractivity contribution >= 4 is 10.9 Å². The smallest absolute Gasteiger partial charge is 0.118 e. The van der Waals surface area contributed by atoms with Crippen LogP contribution in [0.3, 0.4) is 0 Å². The Balaban J connectivity index is 1.46. The lowest BCUT2D eigenvalue weighted by Crippen LogP contribution is -2.50. The molecular weight excluding hydrogens is 384 g/mol. The first-order valence-electron chi connectivity index (χ1n) is 11.7. The van der Waals surface area contributed by atoms with E-state index in [0.717, 1.165) is 38.2 Å². The van der Waals surface area contributed by atoms with Gasteiger partial charge >= 0.3 is 0 Å². The second-order valence-electron chi connectivity index (χ2n) is 9.14. The molecule has 2 atom stereocenters. The average Bonchev–Trinajstić information content (AvgIpc) is 3.33. The van der Waals surface area contributed by atoms with Gasteiger partial charge in [0, 0.05) is 60.9 Å². The molecule has 2 bridgehead atoms. The summed E-state index contributed by atoms with van der Waals surface area (Å²) in [4.78, 5) is 2.63. The van der Waals surface area contributed by atoms with Crippen LogP contribution < -0.4 is 15.8 Å². The second kappa shape index (κ2) is 9.03. The van der Waals surface area contributed by atoms with E-state index in [1.54, 1.807) is 7.11 Å². The number of aryl methyl sites for hydroxylation is 1. The van der Waals surface area contributed by atoms with Crippen LogP contribution >= 0.6 is 0 Å². The van der Waals surface area contributed by atoms with Gasteiger partial charge in [0.2, 0.25) is 0 Å². The highest BCUT2D eigenvalue weighted by Crippen LogP contribution is 2.33. The molecule has 2 aliphatic rings. The number of methoxy groups -OCH3 is 1. The second-order valence-corrected chi connectivity index (χ2v) is 9.14. The molecule has 2 unspecified atom stereocenters. The number of piperazine rings is 1. The largest absolute Gasteiger partial charge is 0.497 e. The van der Waals surface area contributed by atoms with Gasteiger partial charge < -0.3 is 20.4 Å². The van der Waals surface area contributed by atoms with E-state index in [2.05, 4.69) is 51.3 Å². The van der Waals surface area contributed by atoms with Crippen molar-refractivity contribution in [2.75, 3.05) is 26.7 Å². The fourth-order valence-corrected chi connectivity index (χ4v) is 5.33.